The summed E-state index contributed by atoms with van der Waals surface area (Å²) >= 11 is 0. The molecule has 0 aromatic heterocycles. The highest BCUT2D eigenvalue weighted by molar-refractivity contribution is 5.67. The van der Waals surface area contributed by atoms with Crippen LogP contribution >= 0.6 is 0 Å². The summed E-state index contributed by atoms with van der Waals surface area (Å²) in [7, 11) is 0. The van der Waals surface area contributed by atoms with E-state index in [4.69, 9.17) is 9.47 Å². The summed E-state index contributed by atoms with van der Waals surface area (Å²) in [6.45, 7) is 6.24. The van der Waals surface area contributed by atoms with Crippen LogP contribution in [0.3, 0.4) is 0 Å². The highest BCUT2D eigenvalue weighted by Crippen LogP contribution is 2.23. The average Bonchev–Trinajstić information content (AvgIpc) is 2.66. The van der Waals surface area contributed by atoms with Gasteiger partial charge in [0.05, 0.1) is 6.10 Å². The Kier molecular flexibility index (Phi) is 7.84. The zero-order valence-electron chi connectivity index (χ0n) is 16.6. The number of aliphatic hydroxyl groups is 2. The molecule has 0 bridgehead atoms. The van der Waals surface area contributed by atoms with Crippen LogP contribution in [-0.2, 0) is 11.3 Å². The molecule has 152 valence electrons. The van der Waals surface area contributed by atoms with Crippen LogP contribution in [0.1, 0.15) is 44.4 Å². The van der Waals surface area contributed by atoms with E-state index in [1.54, 1.807) is 24.3 Å². The third-order valence-corrected chi connectivity index (χ3v) is 3.93. The summed E-state index contributed by atoms with van der Waals surface area (Å²) in [5, 5.41) is 23.0. The Labute approximate surface area is 166 Å². The molecule has 6 nitrogen and oxygen atoms in total. The molecule has 0 heterocycles. The number of aliphatic hydroxyl groups excluding tert-OH is 2. The summed E-state index contributed by atoms with van der Waals surface area (Å²) in [6, 6.07) is 16.3. The highest BCUT2D eigenvalue weighted by Gasteiger charge is 2.19. The van der Waals surface area contributed by atoms with Gasteiger partial charge in [0.25, 0.3) is 0 Å². The zero-order chi connectivity index (χ0) is 20.6. The Morgan fingerprint density at radius 2 is 1.68 bits per heavy atom. The molecule has 2 aromatic carbocycles. The topological polar surface area (TPSA) is 88.0 Å². The minimum Gasteiger partial charge on any atom is -0.488 e. The SMILES string of the molecule is CC(C)(C)Oc1ccc(C(O)C(O)CCNC(=O)OCc2ccccc2)cc1. The Morgan fingerprint density at radius 1 is 1.04 bits per heavy atom. The van der Waals surface area contributed by atoms with Crippen LogP contribution in [0.4, 0.5) is 4.79 Å². The number of hydrogen-bond donors (Lipinski definition) is 3. The first-order chi connectivity index (χ1) is 13.2. The summed E-state index contributed by atoms with van der Waals surface area (Å²) < 4.78 is 10.8. The van der Waals surface area contributed by atoms with Gasteiger partial charge < -0.3 is 25.0 Å². The number of rotatable bonds is 8. The number of benzene rings is 2. The van der Waals surface area contributed by atoms with Crippen molar-refractivity contribution in [2.45, 2.75) is 51.6 Å². The van der Waals surface area contributed by atoms with Crippen molar-refractivity contribution in [3.05, 3.63) is 65.7 Å². The number of alkyl carbamates (subject to hydrolysis) is 1. The number of amides is 1. The smallest absolute Gasteiger partial charge is 0.407 e. The molecule has 0 aliphatic carbocycles. The summed E-state index contributed by atoms with van der Waals surface area (Å²) in [5.74, 6) is 0.695. The van der Waals surface area contributed by atoms with E-state index in [0.29, 0.717) is 11.3 Å². The lowest BCUT2D eigenvalue weighted by Crippen LogP contribution is -2.29. The van der Waals surface area contributed by atoms with Gasteiger partial charge in [-0.2, -0.15) is 0 Å². The molecule has 0 fully saturated rings. The Bertz CT molecular complexity index is 725. The highest BCUT2D eigenvalue weighted by atomic mass is 16.5. The molecule has 2 rings (SSSR count). The van der Waals surface area contributed by atoms with Crippen LogP contribution in [0.15, 0.2) is 54.6 Å². The van der Waals surface area contributed by atoms with Gasteiger partial charge in [-0.05, 0) is 50.5 Å². The van der Waals surface area contributed by atoms with Gasteiger partial charge in [0.1, 0.15) is 24.1 Å². The monoisotopic (exact) mass is 387 g/mol. The molecule has 6 heteroatoms. The lowest BCUT2D eigenvalue weighted by molar-refractivity contribution is 0.0135. The Balaban J connectivity index is 1.73. The van der Waals surface area contributed by atoms with Crippen molar-refractivity contribution in [2.75, 3.05) is 6.54 Å². The average molecular weight is 387 g/mol. The first kappa shape index (κ1) is 21.7. The van der Waals surface area contributed by atoms with Crippen LogP contribution in [0, 0.1) is 0 Å². The van der Waals surface area contributed by atoms with Gasteiger partial charge in [0, 0.05) is 6.54 Å². The molecule has 0 radical (unpaired) electrons. The van der Waals surface area contributed by atoms with E-state index in [1.807, 2.05) is 51.1 Å². The van der Waals surface area contributed by atoms with Crippen molar-refractivity contribution in [3.8, 4) is 5.75 Å². The fourth-order valence-corrected chi connectivity index (χ4v) is 2.56. The maximum Gasteiger partial charge on any atom is 0.407 e. The lowest BCUT2D eigenvalue weighted by atomic mass is 10.0. The fourth-order valence-electron chi connectivity index (χ4n) is 2.56. The van der Waals surface area contributed by atoms with Crippen LogP contribution in [0.2, 0.25) is 0 Å². The minimum absolute atomic E-state index is 0.181. The molecule has 0 saturated heterocycles. The molecule has 3 N–H and O–H groups in total. The largest absolute Gasteiger partial charge is 0.488 e. The van der Waals surface area contributed by atoms with E-state index in [0.717, 1.165) is 5.56 Å². The maximum atomic E-state index is 11.7. The second-order valence-corrected chi connectivity index (χ2v) is 7.57. The molecular weight excluding hydrogens is 358 g/mol. The molecule has 0 saturated carbocycles. The van der Waals surface area contributed by atoms with Crippen LogP contribution in [-0.4, -0.2) is 34.6 Å². The minimum atomic E-state index is -1.05. The molecule has 2 unspecified atom stereocenters. The van der Waals surface area contributed by atoms with Gasteiger partial charge in [0.2, 0.25) is 0 Å². The number of ether oxygens (including phenoxy) is 2. The standard InChI is InChI=1S/C22H29NO5/c1-22(2,3)28-18-11-9-17(10-12-18)20(25)19(24)13-14-23-21(26)27-15-16-7-5-4-6-8-16/h4-12,19-20,24-25H,13-15H2,1-3H3,(H,23,26). The number of carbonyl (C=O) groups is 1. The van der Waals surface area contributed by atoms with E-state index in [1.165, 1.54) is 0 Å². The summed E-state index contributed by atoms with van der Waals surface area (Å²) in [5.41, 5.74) is 1.17. The van der Waals surface area contributed by atoms with E-state index in [9.17, 15) is 15.0 Å². The van der Waals surface area contributed by atoms with Crippen LogP contribution < -0.4 is 10.1 Å². The molecular formula is C22H29NO5. The number of carbonyl (C=O) groups excluding carboxylic acids is 1. The van der Waals surface area contributed by atoms with E-state index < -0.39 is 18.3 Å². The van der Waals surface area contributed by atoms with Gasteiger partial charge in [-0.1, -0.05) is 42.5 Å². The molecule has 28 heavy (non-hydrogen) atoms. The second-order valence-electron chi connectivity index (χ2n) is 7.57. The third kappa shape index (κ3) is 7.58. The molecule has 2 aromatic rings. The Hall–Kier alpha value is -2.57. The lowest BCUT2D eigenvalue weighted by Gasteiger charge is -2.22. The molecule has 2 atom stereocenters. The number of nitrogens with one attached hydrogen (secondary N) is 1. The maximum absolute atomic E-state index is 11.7. The van der Waals surface area contributed by atoms with E-state index in [-0.39, 0.29) is 25.2 Å². The van der Waals surface area contributed by atoms with Gasteiger partial charge >= 0.3 is 6.09 Å². The van der Waals surface area contributed by atoms with E-state index >= 15 is 0 Å². The van der Waals surface area contributed by atoms with E-state index in [2.05, 4.69) is 5.32 Å². The number of hydrogen-bond acceptors (Lipinski definition) is 5. The van der Waals surface area contributed by atoms with Gasteiger partial charge in [-0.3, -0.25) is 0 Å². The quantitative estimate of drug-likeness (QED) is 0.644. The zero-order valence-corrected chi connectivity index (χ0v) is 16.6. The summed E-state index contributed by atoms with van der Waals surface area (Å²) in [4.78, 5) is 11.7. The van der Waals surface area contributed by atoms with Crippen molar-refractivity contribution in [3.63, 3.8) is 0 Å². The van der Waals surface area contributed by atoms with Gasteiger partial charge in [0.15, 0.2) is 0 Å². The van der Waals surface area contributed by atoms with Crippen molar-refractivity contribution in [1.82, 2.24) is 5.32 Å². The molecule has 0 aliphatic rings. The molecule has 1 amide bonds. The van der Waals surface area contributed by atoms with Crippen molar-refractivity contribution in [1.29, 1.82) is 0 Å². The molecule has 0 aliphatic heterocycles. The normalized spacial score (nSPS) is 13.5. The first-order valence-electron chi connectivity index (χ1n) is 9.34. The first-order valence-corrected chi connectivity index (χ1v) is 9.34. The van der Waals surface area contributed by atoms with Gasteiger partial charge in [-0.25, -0.2) is 4.79 Å². The molecule has 0 spiro atoms. The second kappa shape index (κ2) is 10.1. The van der Waals surface area contributed by atoms with Gasteiger partial charge in [-0.15, -0.1) is 0 Å². The predicted octanol–water partition coefficient (Wildman–Crippen LogP) is 3.57. The fraction of sp³-hybridized carbons (Fsp3) is 0.409. The Morgan fingerprint density at radius 3 is 2.29 bits per heavy atom. The predicted molar refractivity (Wildman–Crippen MR) is 107 cm³/mol. The summed E-state index contributed by atoms with van der Waals surface area (Å²) in [6.07, 6.45) is -2.43. The van der Waals surface area contributed by atoms with Crippen molar-refractivity contribution in [2.24, 2.45) is 0 Å². The van der Waals surface area contributed by atoms with Crippen molar-refractivity contribution >= 4 is 6.09 Å². The third-order valence-electron chi connectivity index (χ3n) is 3.93. The van der Waals surface area contributed by atoms with Crippen LogP contribution in [0.25, 0.3) is 0 Å². The van der Waals surface area contributed by atoms with Crippen molar-refractivity contribution < 1.29 is 24.5 Å². The van der Waals surface area contributed by atoms with Crippen LogP contribution in [0.5, 0.6) is 5.75 Å².